The van der Waals surface area contributed by atoms with Crippen molar-refractivity contribution in [2.75, 3.05) is 6.61 Å². The van der Waals surface area contributed by atoms with Crippen LogP contribution in [0.4, 0.5) is 26.3 Å². The Labute approximate surface area is 128 Å². The zero-order chi connectivity index (χ0) is 17.7. The monoisotopic (exact) mass is 366 g/mol. The first-order valence-corrected chi connectivity index (χ1v) is 11.6. The van der Waals surface area contributed by atoms with Gasteiger partial charge in [-0.05, 0) is 25.6 Å². The van der Waals surface area contributed by atoms with Crippen molar-refractivity contribution in [2.45, 2.75) is 44.3 Å². The van der Waals surface area contributed by atoms with Crippen molar-refractivity contribution in [3.8, 4) is 0 Å². The highest BCUT2D eigenvalue weighted by molar-refractivity contribution is 6.88. The molecule has 0 amide bonds. The Bertz CT molecular complexity index is 385. The van der Waals surface area contributed by atoms with E-state index in [4.69, 9.17) is 8.54 Å². The molecule has 0 bridgehead atoms. The van der Waals surface area contributed by atoms with E-state index in [1.807, 2.05) is 0 Å². The van der Waals surface area contributed by atoms with Gasteiger partial charge in [-0.3, -0.25) is 0 Å². The third-order valence-electron chi connectivity index (χ3n) is 2.89. The largest absolute Gasteiger partial charge is 0.429 e. The van der Waals surface area contributed by atoms with Crippen molar-refractivity contribution in [1.29, 1.82) is 0 Å². The van der Waals surface area contributed by atoms with E-state index in [9.17, 15) is 26.3 Å². The summed E-state index contributed by atoms with van der Waals surface area (Å²) >= 11 is 0. The first-order chi connectivity index (χ1) is 9.74. The van der Waals surface area contributed by atoms with Gasteiger partial charge >= 0.3 is 20.9 Å². The fourth-order valence-corrected chi connectivity index (χ4v) is 8.32. The van der Waals surface area contributed by atoms with Crippen molar-refractivity contribution >= 4 is 16.9 Å². The van der Waals surface area contributed by atoms with Crippen molar-refractivity contribution in [1.82, 2.24) is 0 Å². The molecule has 0 rings (SSSR count). The van der Waals surface area contributed by atoms with Crippen molar-refractivity contribution < 1.29 is 34.9 Å². The molecule has 0 fully saturated rings. The topological polar surface area (TPSA) is 18.5 Å². The SMILES string of the molecule is C=C[Si](C)(CCCC(F)(F)F)O[Si](C)(C=C)OCC(F)(F)F. The van der Waals surface area contributed by atoms with Crippen molar-refractivity contribution in [3.63, 3.8) is 0 Å². The molecule has 10 heteroatoms. The summed E-state index contributed by atoms with van der Waals surface area (Å²) < 4.78 is 83.8. The lowest BCUT2D eigenvalue weighted by Gasteiger charge is -2.34. The molecule has 0 aliphatic carbocycles. The minimum Gasteiger partial charge on any atom is -0.429 e. The minimum atomic E-state index is -4.51. The molecule has 0 aromatic rings. The summed E-state index contributed by atoms with van der Waals surface area (Å²) in [6.45, 7) is 8.46. The van der Waals surface area contributed by atoms with E-state index in [1.165, 1.54) is 17.9 Å². The second kappa shape index (κ2) is 7.80. The van der Waals surface area contributed by atoms with Crippen molar-refractivity contribution in [2.24, 2.45) is 0 Å². The smallest absolute Gasteiger partial charge is 0.410 e. The first kappa shape index (κ1) is 21.4. The Hall–Kier alpha value is -0.586. The van der Waals surface area contributed by atoms with E-state index in [0.717, 1.165) is 0 Å². The van der Waals surface area contributed by atoms with Crippen LogP contribution in [-0.2, 0) is 8.54 Å². The molecule has 0 N–H and O–H groups in total. The molecule has 0 aliphatic rings. The maximum Gasteiger partial charge on any atom is 0.410 e. The van der Waals surface area contributed by atoms with E-state index in [2.05, 4.69) is 13.2 Å². The van der Waals surface area contributed by atoms with Gasteiger partial charge in [0.05, 0.1) is 0 Å². The van der Waals surface area contributed by atoms with Gasteiger partial charge in [-0.15, -0.1) is 13.2 Å². The molecule has 0 heterocycles. The lowest BCUT2D eigenvalue weighted by Crippen LogP contribution is -2.49. The molecule has 0 radical (unpaired) electrons. The van der Waals surface area contributed by atoms with Crippen LogP contribution in [0.2, 0.25) is 19.1 Å². The summed E-state index contributed by atoms with van der Waals surface area (Å²) in [6.07, 6.45) is -9.92. The molecule has 0 spiro atoms. The molecule has 22 heavy (non-hydrogen) atoms. The predicted molar refractivity (Wildman–Crippen MR) is 76.8 cm³/mol. The van der Waals surface area contributed by atoms with Crippen molar-refractivity contribution in [3.05, 3.63) is 24.6 Å². The molecule has 0 aromatic heterocycles. The van der Waals surface area contributed by atoms with E-state index in [-0.39, 0.29) is 12.5 Å². The highest BCUT2D eigenvalue weighted by atomic mass is 28.4. The van der Waals surface area contributed by atoms with Gasteiger partial charge < -0.3 is 8.54 Å². The molecule has 2 atom stereocenters. The van der Waals surface area contributed by atoms with Gasteiger partial charge in [-0.1, -0.05) is 11.4 Å². The molecule has 2 unspecified atom stereocenters. The van der Waals surface area contributed by atoms with Gasteiger partial charge in [-0.25, -0.2) is 0 Å². The molecule has 0 aliphatic heterocycles. The first-order valence-electron chi connectivity index (χ1n) is 6.49. The standard InChI is InChI=1S/C12H20F6O2Si2/c1-5-21(3,9-7-8-11(13,14)15)20-22(4,6-2)19-10-12(16,17)18/h5-6H,1-2,7-10H2,3-4H3. The third kappa shape index (κ3) is 9.43. The highest BCUT2D eigenvalue weighted by Crippen LogP contribution is 2.29. The lowest BCUT2D eigenvalue weighted by molar-refractivity contribution is -0.157. The summed E-state index contributed by atoms with van der Waals surface area (Å²) in [4.78, 5) is 0. The summed E-state index contributed by atoms with van der Waals surface area (Å²) in [5.41, 5.74) is 2.60. The van der Waals surface area contributed by atoms with Crippen LogP contribution in [0.3, 0.4) is 0 Å². The minimum absolute atomic E-state index is 0.0990. The van der Waals surface area contributed by atoms with Crippen LogP contribution < -0.4 is 0 Å². The van der Waals surface area contributed by atoms with Gasteiger partial charge in [0.1, 0.15) is 6.61 Å². The zero-order valence-electron chi connectivity index (χ0n) is 12.5. The number of hydrogen-bond donors (Lipinski definition) is 0. The molecular weight excluding hydrogens is 346 g/mol. The molecule has 0 aromatic carbocycles. The van der Waals surface area contributed by atoms with Gasteiger partial charge in [0.2, 0.25) is 8.32 Å². The van der Waals surface area contributed by atoms with E-state index < -0.39 is 42.3 Å². The average Bonchev–Trinajstić information content (AvgIpc) is 2.34. The third-order valence-corrected chi connectivity index (χ3v) is 10.0. The number of hydrogen-bond acceptors (Lipinski definition) is 2. The summed E-state index contributed by atoms with van der Waals surface area (Å²) in [7, 11) is -6.15. The molecule has 0 saturated heterocycles. The highest BCUT2D eigenvalue weighted by Gasteiger charge is 2.41. The van der Waals surface area contributed by atoms with Crippen LogP contribution in [0.25, 0.3) is 0 Å². The Morgan fingerprint density at radius 1 is 0.955 bits per heavy atom. The lowest BCUT2D eigenvalue weighted by atomic mass is 10.3. The summed E-state index contributed by atoms with van der Waals surface area (Å²) in [5.74, 6) is 0. The second-order valence-corrected chi connectivity index (χ2v) is 12.3. The summed E-state index contributed by atoms with van der Waals surface area (Å²) in [5, 5.41) is 0. The maximum atomic E-state index is 12.2. The molecule has 130 valence electrons. The molecule has 0 saturated carbocycles. The van der Waals surface area contributed by atoms with E-state index in [0.29, 0.717) is 0 Å². The average molecular weight is 366 g/mol. The fraction of sp³-hybridized carbons (Fsp3) is 0.667. The Balaban J connectivity index is 4.76. The molecule has 2 nitrogen and oxygen atoms in total. The molecular formula is C12H20F6O2Si2. The van der Waals surface area contributed by atoms with Crippen LogP contribution in [-0.4, -0.2) is 35.8 Å². The van der Waals surface area contributed by atoms with Crippen LogP contribution in [0.1, 0.15) is 12.8 Å². The van der Waals surface area contributed by atoms with Crippen LogP contribution in [0.15, 0.2) is 24.6 Å². The zero-order valence-corrected chi connectivity index (χ0v) is 14.5. The van der Waals surface area contributed by atoms with Crippen LogP contribution >= 0.6 is 0 Å². The van der Waals surface area contributed by atoms with E-state index >= 15 is 0 Å². The number of rotatable bonds is 9. The summed E-state index contributed by atoms with van der Waals surface area (Å²) in [6, 6.07) is 0.0990. The van der Waals surface area contributed by atoms with Gasteiger partial charge in [0.25, 0.3) is 0 Å². The normalized spacial score (nSPS) is 18.4. The van der Waals surface area contributed by atoms with Gasteiger partial charge in [0.15, 0.2) is 0 Å². The van der Waals surface area contributed by atoms with Gasteiger partial charge in [0, 0.05) is 6.42 Å². The van der Waals surface area contributed by atoms with Crippen LogP contribution in [0.5, 0.6) is 0 Å². The van der Waals surface area contributed by atoms with E-state index in [1.54, 1.807) is 6.55 Å². The number of alkyl halides is 6. The Morgan fingerprint density at radius 3 is 1.86 bits per heavy atom. The fourth-order valence-electron chi connectivity index (χ4n) is 1.65. The van der Waals surface area contributed by atoms with Gasteiger partial charge in [-0.2, -0.15) is 26.3 Å². The second-order valence-electron chi connectivity index (χ2n) is 5.21. The maximum absolute atomic E-state index is 12.2. The quantitative estimate of drug-likeness (QED) is 0.421. The predicted octanol–water partition coefficient (Wildman–Crippen LogP) is 5.02. The Morgan fingerprint density at radius 2 is 1.50 bits per heavy atom. The number of halogens is 6. The Kier molecular flexibility index (Phi) is 7.59. The van der Waals surface area contributed by atoms with Crippen LogP contribution in [0, 0.1) is 0 Å².